The van der Waals surface area contributed by atoms with E-state index < -0.39 is 6.10 Å². The number of carbonyl (C=O) groups is 1. The summed E-state index contributed by atoms with van der Waals surface area (Å²) in [6.45, 7) is 0. The van der Waals surface area contributed by atoms with Crippen molar-refractivity contribution in [2.45, 2.75) is 44.1 Å². The molecule has 0 bridgehead atoms. The van der Waals surface area contributed by atoms with Gasteiger partial charge in [-0.1, -0.05) is 49.6 Å². The fourth-order valence-electron chi connectivity index (χ4n) is 2.60. The molecular formula is C18H22O3S. The highest BCUT2D eigenvalue weighted by molar-refractivity contribution is 7.96. The molecule has 0 aliphatic carbocycles. The number of aliphatic hydroxyl groups excluding tert-OH is 1. The topological polar surface area (TPSA) is 50.4 Å². The Balaban J connectivity index is 1.71. The number of rotatable bonds is 9. The van der Waals surface area contributed by atoms with Crippen LogP contribution in [-0.2, 0) is 4.79 Å². The number of hydrogen-bond donors (Lipinski definition) is 2. The van der Waals surface area contributed by atoms with Gasteiger partial charge in [-0.05, 0) is 30.5 Å². The van der Waals surface area contributed by atoms with Gasteiger partial charge in [0.05, 0.1) is 12.2 Å². The second-order valence-corrected chi connectivity index (χ2v) is 5.91. The number of thiol groups is 1. The molecule has 0 aliphatic rings. The average molecular weight is 318 g/mol. The van der Waals surface area contributed by atoms with Gasteiger partial charge >= 0.3 is 0 Å². The van der Waals surface area contributed by atoms with E-state index >= 15 is 0 Å². The molecule has 0 radical (unpaired) electrons. The number of aliphatic hydroxyl groups is 1. The van der Waals surface area contributed by atoms with Gasteiger partial charge < -0.3 is 9.52 Å². The van der Waals surface area contributed by atoms with Crippen molar-refractivity contribution in [2.75, 3.05) is 0 Å². The summed E-state index contributed by atoms with van der Waals surface area (Å²) >= 11 is 4.01. The molecule has 0 saturated carbocycles. The van der Waals surface area contributed by atoms with Crippen LogP contribution in [0.15, 0.2) is 53.1 Å². The van der Waals surface area contributed by atoms with Gasteiger partial charge in [0, 0.05) is 0 Å². The Labute approximate surface area is 136 Å². The van der Waals surface area contributed by atoms with Gasteiger partial charge in [0.15, 0.2) is 5.12 Å². The van der Waals surface area contributed by atoms with E-state index in [9.17, 15) is 9.90 Å². The maximum atomic E-state index is 11.7. The molecule has 22 heavy (non-hydrogen) atoms. The first-order valence-electron chi connectivity index (χ1n) is 7.67. The van der Waals surface area contributed by atoms with Crippen LogP contribution in [0.4, 0.5) is 0 Å². The minimum Gasteiger partial charge on any atom is -0.467 e. The van der Waals surface area contributed by atoms with Crippen LogP contribution < -0.4 is 0 Å². The Hall–Kier alpha value is -1.52. The molecule has 4 heteroatoms. The number of furan rings is 1. The van der Waals surface area contributed by atoms with E-state index in [1.54, 1.807) is 18.4 Å². The van der Waals surface area contributed by atoms with Crippen molar-refractivity contribution in [3.8, 4) is 0 Å². The highest BCUT2D eigenvalue weighted by Crippen LogP contribution is 2.26. The maximum Gasteiger partial charge on any atom is 0.193 e. The Morgan fingerprint density at radius 3 is 2.41 bits per heavy atom. The van der Waals surface area contributed by atoms with E-state index in [-0.39, 0.29) is 11.0 Å². The van der Waals surface area contributed by atoms with Crippen molar-refractivity contribution in [1.82, 2.24) is 0 Å². The average Bonchev–Trinajstić information content (AvgIpc) is 3.05. The third-order valence-electron chi connectivity index (χ3n) is 3.84. The van der Waals surface area contributed by atoms with Crippen LogP contribution in [0, 0.1) is 0 Å². The molecule has 2 unspecified atom stereocenters. The molecule has 1 aromatic carbocycles. The molecule has 2 aromatic rings. The summed E-state index contributed by atoms with van der Waals surface area (Å²) in [6, 6.07) is 13.3. The van der Waals surface area contributed by atoms with Crippen LogP contribution in [0.25, 0.3) is 0 Å². The minimum atomic E-state index is -0.536. The number of carbonyl (C=O) groups excluding carboxylic acids is 1. The molecule has 2 atom stereocenters. The Kier molecular flexibility index (Phi) is 6.74. The fourth-order valence-corrected chi connectivity index (χ4v) is 2.88. The summed E-state index contributed by atoms with van der Waals surface area (Å²) < 4.78 is 5.18. The standard InChI is InChI=1S/C18H22O3S/c19-16(17-12-7-13-21-17)11-6-2-5-10-15(18(20)22)14-8-3-1-4-9-14/h1,3-4,7-9,12-13,15-16,19H,2,5-6,10-11H2,(H,20,22). The molecule has 0 amide bonds. The molecule has 2 rings (SSSR count). The Morgan fingerprint density at radius 1 is 1.05 bits per heavy atom. The lowest BCUT2D eigenvalue weighted by molar-refractivity contribution is -0.112. The molecular weight excluding hydrogens is 296 g/mol. The molecule has 3 nitrogen and oxygen atoms in total. The van der Waals surface area contributed by atoms with E-state index in [1.165, 1.54) is 0 Å². The maximum absolute atomic E-state index is 11.7. The van der Waals surface area contributed by atoms with Gasteiger partial charge in [-0.25, -0.2) is 0 Å². The summed E-state index contributed by atoms with van der Waals surface area (Å²) in [4.78, 5) is 11.7. The molecule has 1 N–H and O–H groups in total. The normalized spacial score (nSPS) is 13.7. The largest absolute Gasteiger partial charge is 0.467 e. The van der Waals surface area contributed by atoms with E-state index in [0.29, 0.717) is 12.2 Å². The third kappa shape index (κ3) is 5.04. The molecule has 0 fully saturated rings. The van der Waals surface area contributed by atoms with Crippen LogP contribution in [0.5, 0.6) is 0 Å². The molecule has 1 heterocycles. The van der Waals surface area contributed by atoms with E-state index in [4.69, 9.17) is 4.42 Å². The van der Waals surface area contributed by atoms with Crippen molar-refractivity contribution < 1.29 is 14.3 Å². The lowest BCUT2D eigenvalue weighted by Gasteiger charge is -2.13. The number of unbranched alkanes of at least 4 members (excludes halogenated alkanes) is 2. The van der Waals surface area contributed by atoms with Gasteiger partial charge in [-0.2, -0.15) is 0 Å². The molecule has 0 aliphatic heterocycles. The first kappa shape index (κ1) is 16.8. The van der Waals surface area contributed by atoms with Crippen LogP contribution in [0.1, 0.15) is 55.4 Å². The highest BCUT2D eigenvalue weighted by atomic mass is 32.1. The second kappa shape index (κ2) is 8.81. The predicted octanol–water partition coefficient (Wildman–Crippen LogP) is 4.50. The monoisotopic (exact) mass is 318 g/mol. The quantitative estimate of drug-likeness (QED) is 0.528. The van der Waals surface area contributed by atoms with E-state index in [0.717, 1.165) is 31.2 Å². The SMILES string of the molecule is O=C(S)C(CCCCCC(O)c1ccco1)c1ccccc1. The highest BCUT2D eigenvalue weighted by Gasteiger charge is 2.17. The summed E-state index contributed by atoms with van der Waals surface area (Å²) in [7, 11) is 0. The summed E-state index contributed by atoms with van der Waals surface area (Å²) in [6.07, 6.45) is 5.33. The minimum absolute atomic E-state index is 0.0816. The van der Waals surface area contributed by atoms with Gasteiger partial charge in [-0.3, -0.25) is 4.79 Å². The number of benzene rings is 1. The lowest BCUT2D eigenvalue weighted by Crippen LogP contribution is -2.07. The van der Waals surface area contributed by atoms with Crippen molar-refractivity contribution >= 4 is 17.7 Å². The second-order valence-electron chi connectivity index (χ2n) is 5.47. The molecule has 1 aromatic heterocycles. The van der Waals surface area contributed by atoms with Crippen LogP contribution in [0.3, 0.4) is 0 Å². The zero-order valence-corrected chi connectivity index (χ0v) is 13.4. The first-order chi connectivity index (χ1) is 10.7. The summed E-state index contributed by atoms with van der Waals surface area (Å²) in [5.41, 5.74) is 1.03. The van der Waals surface area contributed by atoms with Gasteiger partial charge in [0.1, 0.15) is 11.9 Å². The Bertz CT molecular complexity index is 551. The van der Waals surface area contributed by atoms with Crippen LogP contribution in [-0.4, -0.2) is 10.2 Å². The van der Waals surface area contributed by atoms with Crippen molar-refractivity contribution in [2.24, 2.45) is 0 Å². The fraction of sp³-hybridized carbons (Fsp3) is 0.389. The van der Waals surface area contributed by atoms with Gasteiger partial charge in [0.2, 0.25) is 0 Å². The smallest absolute Gasteiger partial charge is 0.193 e. The van der Waals surface area contributed by atoms with Crippen LogP contribution in [0.2, 0.25) is 0 Å². The molecule has 118 valence electrons. The molecule has 0 saturated heterocycles. The van der Waals surface area contributed by atoms with E-state index in [1.807, 2.05) is 30.3 Å². The van der Waals surface area contributed by atoms with Gasteiger partial charge in [-0.15, -0.1) is 12.6 Å². The summed E-state index contributed by atoms with van der Waals surface area (Å²) in [5.74, 6) is 0.479. The molecule has 0 spiro atoms. The van der Waals surface area contributed by atoms with E-state index in [2.05, 4.69) is 12.6 Å². The van der Waals surface area contributed by atoms with Crippen molar-refractivity contribution in [1.29, 1.82) is 0 Å². The van der Waals surface area contributed by atoms with Crippen molar-refractivity contribution in [3.63, 3.8) is 0 Å². The van der Waals surface area contributed by atoms with Crippen LogP contribution >= 0.6 is 12.6 Å². The zero-order chi connectivity index (χ0) is 15.8. The third-order valence-corrected chi connectivity index (χ3v) is 4.15. The Morgan fingerprint density at radius 2 is 1.77 bits per heavy atom. The van der Waals surface area contributed by atoms with Crippen molar-refractivity contribution in [3.05, 3.63) is 60.1 Å². The lowest BCUT2D eigenvalue weighted by atomic mass is 9.94. The first-order valence-corrected chi connectivity index (χ1v) is 8.12. The zero-order valence-electron chi connectivity index (χ0n) is 12.5. The number of hydrogen-bond acceptors (Lipinski definition) is 3. The van der Waals surface area contributed by atoms with Gasteiger partial charge in [0.25, 0.3) is 0 Å². The predicted molar refractivity (Wildman–Crippen MR) is 89.9 cm³/mol. The summed E-state index contributed by atoms with van der Waals surface area (Å²) in [5, 5.41) is 9.84.